The Morgan fingerprint density at radius 2 is 1.70 bits per heavy atom. The fourth-order valence-corrected chi connectivity index (χ4v) is 2.83. The summed E-state index contributed by atoms with van der Waals surface area (Å²) in [6, 6.07) is 7.84. The normalized spacial score (nSPS) is 11.6. The summed E-state index contributed by atoms with van der Waals surface area (Å²) in [5, 5.41) is 8.41. The summed E-state index contributed by atoms with van der Waals surface area (Å²) < 4.78 is 4.76. The van der Waals surface area contributed by atoms with Crippen LogP contribution in [0.3, 0.4) is 0 Å². The van der Waals surface area contributed by atoms with Gasteiger partial charge >= 0.3 is 5.69 Å². The summed E-state index contributed by atoms with van der Waals surface area (Å²) in [5.41, 5.74) is 1.94. The molecule has 3 heterocycles. The second kappa shape index (κ2) is 4.42. The van der Waals surface area contributed by atoms with E-state index in [1.54, 1.807) is 23.1 Å². The predicted octanol–water partition coefficient (Wildman–Crippen LogP) is 0.583. The van der Waals surface area contributed by atoms with Crippen molar-refractivity contribution in [3.05, 3.63) is 50.7 Å². The average molecular weight is 310 g/mol. The summed E-state index contributed by atoms with van der Waals surface area (Å²) >= 11 is 0. The van der Waals surface area contributed by atoms with Crippen LogP contribution in [-0.2, 0) is 14.1 Å². The van der Waals surface area contributed by atoms with E-state index in [1.165, 1.54) is 4.57 Å². The lowest BCUT2D eigenvalue weighted by Crippen LogP contribution is -2.29. The van der Waals surface area contributed by atoms with Crippen LogP contribution in [0.1, 0.15) is 5.56 Å². The van der Waals surface area contributed by atoms with Crippen molar-refractivity contribution in [2.75, 3.05) is 0 Å². The molecule has 1 aromatic carbocycles. The van der Waals surface area contributed by atoms with Gasteiger partial charge in [0.15, 0.2) is 17.0 Å². The first kappa shape index (κ1) is 13.5. The molecule has 0 aliphatic rings. The molecule has 23 heavy (non-hydrogen) atoms. The molecule has 8 heteroatoms. The van der Waals surface area contributed by atoms with Gasteiger partial charge in [-0.15, -0.1) is 10.2 Å². The molecule has 1 N–H and O–H groups in total. The Bertz CT molecular complexity index is 1170. The van der Waals surface area contributed by atoms with Crippen molar-refractivity contribution in [2.24, 2.45) is 14.1 Å². The molecule has 0 saturated heterocycles. The van der Waals surface area contributed by atoms with E-state index in [0.717, 1.165) is 11.1 Å². The van der Waals surface area contributed by atoms with Gasteiger partial charge in [-0.2, -0.15) is 0 Å². The standard InChI is InChI=1S/C15H14N6O2/c1-8-4-6-9(7-5-8)11-17-18-14-19(2)10-12(22)16-15(23)20(3)13(10)21(11)14/h4-7H,1-3H3,(H,16,22,23). The lowest BCUT2D eigenvalue weighted by atomic mass is 10.1. The number of rotatable bonds is 1. The molecule has 0 amide bonds. The van der Waals surface area contributed by atoms with Crippen molar-refractivity contribution in [2.45, 2.75) is 6.92 Å². The first-order valence-electron chi connectivity index (χ1n) is 7.09. The highest BCUT2D eigenvalue weighted by Crippen LogP contribution is 2.23. The Balaban J connectivity index is 2.23. The third-order valence-corrected chi connectivity index (χ3v) is 4.07. The maximum Gasteiger partial charge on any atom is 0.329 e. The third-order valence-electron chi connectivity index (χ3n) is 4.07. The van der Waals surface area contributed by atoms with E-state index in [-0.39, 0.29) is 0 Å². The lowest BCUT2D eigenvalue weighted by molar-refractivity contribution is 0.822. The number of aromatic amines is 1. The molecule has 0 atom stereocenters. The molecule has 0 unspecified atom stereocenters. The van der Waals surface area contributed by atoms with Gasteiger partial charge in [0.2, 0.25) is 5.78 Å². The number of aromatic nitrogens is 6. The topological polar surface area (TPSA) is 90.0 Å². The summed E-state index contributed by atoms with van der Waals surface area (Å²) in [5.74, 6) is 1.09. The first-order valence-corrected chi connectivity index (χ1v) is 7.09. The van der Waals surface area contributed by atoms with Gasteiger partial charge in [-0.05, 0) is 6.92 Å². The van der Waals surface area contributed by atoms with Crippen LogP contribution in [0.4, 0.5) is 0 Å². The Hall–Kier alpha value is -3.16. The van der Waals surface area contributed by atoms with Crippen molar-refractivity contribution in [1.82, 2.24) is 28.7 Å². The van der Waals surface area contributed by atoms with E-state index in [0.29, 0.717) is 22.8 Å². The molecule has 3 aromatic heterocycles. The van der Waals surface area contributed by atoms with E-state index in [1.807, 2.05) is 31.2 Å². The number of nitrogens with zero attached hydrogens (tertiary/aromatic N) is 5. The van der Waals surface area contributed by atoms with Gasteiger partial charge in [0, 0.05) is 19.7 Å². The van der Waals surface area contributed by atoms with E-state index in [9.17, 15) is 9.59 Å². The summed E-state index contributed by atoms with van der Waals surface area (Å²) in [4.78, 5) is 26.5. The van der Waals surface area contributed by atoms with Gasteiger partial charge < -0.3 is 4.57 Å². The Labute approximate surface area is 129 Å². The van der Waals surface area contributed by atoms with E-state index >= 15 is 0 Å². The number of benzene rings is 1. The fraction of sp³-hybridized carbons (Fsp3) is 0.200. The highest BCUT2D eigenvalue weighted by atomic mass is 16.2. The molecule has 0 aliphatic heterocycles. The second-order valence-electron chi connectivity index (χ2n) is 5.57. The van der Waals surface area contributed by atoms with Crippen LogP contribution in [0.25, 0.3) is 28.3 Å². The van der Waals surface area contributed by atoms with Crippen molar-refractivity contribution in [3.63, 3.8) is 0 Å². The predicted molar refractivity (Wildman–Crippen MR) is 85.5 cm³/mol. The first-order chi connectivity index (χ1) is 11.0. The van der Waals surface area contributed by atoms with Crippen LogP contribution in [-0.4, -0.2) is 28.7 Å². The molecule has 0 fully saturated rings. The smallest absolute Gasteiger partial charge is 0.305 e. The van der Waals surface area contributed by atoms with Gasteiger partial charge in [0.05, 0.1) is 0 Å². The van der Waals surface area contributed by atoms with Gasteiger partial charge in [-0.3, -0.25) is 14.3 Å². The fourth-order valence-electron chi connectivity index (χ4n) is 2.83. The molecule has 0 bridgehead atoms. The summed E-state index contributed by atoms with van der Waals surface area (Å²) in [6.07, 6.45) is 0. The lowest BCUT2D eigenvalue weighted by Gasteiger charge is -2.03. The number of hydrogen-bond acceptors (Lipinski definition) is 4. The molecular weight excluding hydrogens is 296 g/mol. The van der Waals surface area contributed by atoms with Crippen LogP contribution in [0.15, 0.2) is 33.9 Å². The Kier molecular flexibility index (Phi) is 2.59. The van der Waals surface area contributed by atoms with Gasteiger partial charge in [0.25, 0.3) is 5.56 Å². The number of imidazole rings is 1. The Morgan fingerprint density at radius 3 is 2.39 bits per heavy atom. The number of fused-ring (bicyclic) bond motifs is 3. The minimum Gasteiger partial charge on any atom is -0.305 e. The van der Waals surface area contributed by atoms with Crippen LogP contribution >= 0.6 is 0 Å². The number of H-pyrrole nitrogens is 1. The average Bonchev–Trinajstić information content (AvgIpc) is 3.06. The highest BCUT2D eigenvalue weighted by molar-refractivity contribution is 5.79. The second-order valence-corrected chi connectivity index (χ2v) is 5.57. The summed E-state index contributed by atoms with van der Waals surface area (Å²) in [6.45, 7) is 2.00. The SMILES string of the molecule is Cc1ccc(-c2nnc3n(C)c4c(=O)[nH]c(=O)n(C)c4n23)cc1. The number of hydrogen-bond donors (Lipinski definition) is 1. The van der Waals surface area contributed by atoms with Crippen LogP contribution in [0, 0.1) is 6.92 Å². The van der Waals surface area contributed by atoms with E-state index in [2.05, 4.69) is 15.2 Å². The molecule has 0 radical (unpaired) electrons. The zero-order chi connectivity index (χ0) is 16.3. The molecule has 8 nitrogen and oxygen atoms in total. The van der Waals surface area contributed by atoms with Gasteiger partial charge in [0.1, 0.15) is 0 Å². The molecule has 0 aliphatic carbocycles. The zero-order valence-corrected chi connectivity index (χ0v) is 12.9. The van der Waals surface area contributed by atoms with Crippen LogP contribution in [0.5, 0.6) is 0 Å². The number of aryl methyl sites for hydroxylation is 3. The Morgan fingerprint density at radius 1 is 1.00 bits per heavy atom. The van der Waals surface area contributed by atoms with Gasteiger partial charge in [-0.1, -0.05) is 29.8 Å². The van der Waals surface area contributed by atoms with Crippen molar-refractivity contribution in [1.29, 1.82) is 0 Å². The molecule has 0 spiro atoms. The van der Waals surface area contributed by atoms with Gasteiger partial charge in [-0.25, -0.2) is 9.20 Å². The maximum atomic E-state index is 12.2. The van der Waals surface area contributed by atoms with Crippen LogP contribution in [0.2, 0.25) is 0 Å². The minimum absolute atomic E-state index is 0.380. The highest BCUT2D eigenvalue weighted by Gasteiger charge is 2.20. The zero-order valence-electron chi connectivity index (χ0n) is 12.9. The monoisotopic (exact) mass is 310 g/mol. The maximum absolute atomic E-state index is 12.2. The molecule has 116 valence electrons. The van der Waals surface area contributed by atoms with E-state index in [4.69, 9.17) is 0 Å². The molecule has 4 rings (SSSR count). The largest absolute Gasteiger partial charge is 0.329 e. The quantitative estimate of drug-likeness (QED) is 0.557. The van der Waals surface area contributed by atoms with E-state index < -0.39 is 11.2 Å². The van der Waals surface area contributed by atoms with Crippen molar-refractivity contribution >= 4 is 16.9 Å². The van der Waals surface area contributed by atoms with Crippen molar-refractivity contribution in [3.8, 4) is 11.4 Å². The molecular formula is C15H14N6O2. The molecule has 0 saturated carbocycles. The van der Waals surface area contributed by atoms with Crippen LogP contribution < -0.4 is 11.2 Å². The third kappa shape index (κ3) is 1.71. The number of nitrogens with one attached hydrogen (secondary N) is 1. The molecule has 4 aromatic rings. The summed E-state index contributed by atoms with van der Waals surface area (Å²) in [7, 11) is 3.34. The van der Waals surface area contributed by atoms with Crippen molar-refractivity contribution < 1.29 is 0 Å². The minimum atomic E-state index is -0.474.